The van der Waals surface area contributed by atoms with Gasteiger partial charge < -0.3 is 13.9 Å². The summed E-state index contributed by atoms with van der Waals surface area (Å²) in [5, 5.41) is 14.4. The summed E-state index contributed by atoms with van der Waals surface area (Å²) in [6.45, 7) is -2.94. The number of nitrogens with one attached hydrogen (secondary N) is 1. The lowest BCUT2D eigenvalue weighted by Crippen LogP contribution is -2.03. The van der Waals surface area contributed by atoms with Crippen molar-refractivity contribution in [3.8, 4) is 34.5 Å². The van der Waals surface area contributed by atoms with E-state index < -0.39 is 6.61 Å². The highest BCUT2D eigenvalue weighted by Crippen LogP contribution is 2.34. The lowest BCUT2D eigenvalue weighted by atomic mass is 10.2. The highest BCUT2D eigenvalue weighted by molar-refractivity contribution is 9.10. The molecule has 3 rings (SSSR count). The van der Waals surface area contributed by atoms with Crippen molar-refractivity contribution >= 4 is 15.9 Å². The van der Waals surface area contributed by atoms with Gasteiger partial charge in [-0.1, -0.05) is 0 Å². The van der Waals surface area contributed by atoms with Gasteiger partial charge in [0.15, 0.2) is 11.5 Å². The number of alkyl halides is 2. The number of nitrogens with zero attached hydrogens (tertiary/aromatic N) is 3. The number of benzene rings is 1. The smallest absolute Gasteiger partial charge is 0.387 e. The predicted molar refractivity (Wildman–Crippen MR) is 78.2 cm³/mol. The van der Waals surface area contributed by atoms with Crippen molar-refractivity contribution in [3.63, 3.8) is 0 Å². The SMILES string of the molecule is COc1cc(-c2nnc(-c3[nH]ncc3Br)o2)ccc1OC(F)F. The van der Waals surface area contributed by atoms with Gasteiger partial charge in [-0.05, 0) is 34.1 Å². The molecule has 0 atom stereocenters. The summed E-state index contributed by atoms with van der Waals surface area (Å²) in [6, 6.07) is 4.33. The first-order valence-corrected chi connectivity index (χ1v) is 7.03. The Balaban J connectivity index is 1.93. The molecular formula is C13H9BrF2N4O3. The lowest BCUT2D eigenvalue weighted by Gasteiger charge is -2.10. The molecule has 1 aromatic carbocycles. The van der Waals surface area contributed by atoms with E-state index in [-0.39, 0.29) is 23.3 Å². The summed E-state index contributed by atoms with van der Waals surface area (Å²) in [5.41, 5.74) is 1.03. The summed E-state index contributed by atoms with van der Waals surface area (Å²) in [5.74, 6) is 0.479. The lowest BCUT2D eigenvalue weighted by molar-refractivity contribution is -0.0512. The van der Waals surface area contributed by atoms with Crippen LogP contribution in [0.3, 0.4) is 0 Å². The minimum absolute atomic E-state index is 0.0812. The van der Waals surface area contributed by atoms with Gasteiger partial charge in [-0.25, -0.2) is 0 Å². The number of aromatic nitrogens is 4. The first-order valence-electron chi connectivity index (χ1n) is 6.24. The van der Waals surface area contributed by atoms with Crippen molar-refractivity contribution in [1.82, 2.24) is 20.4 Å². The molecule has 0 radical (unpaired) electrons. The maximum Gasteiger partial charge on any atom is 0.387 e. The Bertz CT molecular complexity index is 821. The van der Waals surface area contributed by atoms with Crippen molar-refractivity contribution in [2.45, 2.75) is 6.61 Å². The quantitative estimate of drug-likeness (QED) is 0.721. The molecule has 7 nitrogen and oxygen atoms in total. The molecule has 0 spiro atoms. The fourth-order valence-electron chi connectivity index (χ4n) is 1.86. The maximum atomic E-state index is 12.3. The van der Waals surface area contributed by atoms with E-state index >= 15 is 0 Å². The second-order valence-corrected chi connectivity index (χ2v) is 5.10. The second kappa shape index (κ2) is 6.32. The zero-order valence-corrected chi connectivity index (χ0v) is 13.2. The van der Waals surface area contributed by atoms with Crippen LogP contribution in [0.4, 0.5) is 8.78 Å². The molecule has 0 aliphatic heterocycles. The molecular weight excluding hydrogens is 378 g/mol. The molecule has 10 heteroatoms. The second-order valence-electron chi connectivity index (χ2n) is 4.25. The van der Waals surface area contributed by atoms with Gasteiger partial charge in [0.25, 0.3) is 5.89 Å². The van der Waals surface area contributed by atoms with Gasteiger partial charge in [0, 0.05) is 5.56 Å². The number of aromatic amines is 1. The molecule has 1 N–H and O–H groups in total. The predicted octanol–water partition coefficient (Wildman–Crippen LogP) is 3.50. The summed E-state index contributed by atoms with van der Waals surface area (Å²) in [6.07, 6.45) is 1.55. The number of hydrogen-bond acceptors (Lipinski definition) is 6. The summed E-state index contributed by atoms with van der Waals surface area (Å²) < 4.78 is 40.3. The van der Waals surface area contributed by atoms with Crippen LogP contribution in [0.2, 0.25) is 0 Å². The Kier molecular flexibility index (Phi) is 4.24. The third kappa shape index (κ3) is 3.16. The minimum Gasteiger partial charge on any atom is -0.493 e. The first kappa shape index (κ1) is 15.4. The van der Waals surface area contributed by atoms with Gasteiger partial charge in [0.2, 0.25) is 5.89 Å². The average Bonchev–Trinajstić information content (AvgIpc) is 3.15. The molecule has 0 saturated heterocycles. The molecule has 2 heterocycles. The maximum absolute atomic E-state index is 12.3. The van der Waals surface area contributed by atoms with Crippen molar-refractivity contribution in [2.75, 3.05) is 7.11 Å². The normalized spacial score (nSPS) is 11.0. The molecule has 3 aromatic rings. The Morgan fingerprint density at radius 3 is 2.65 bits per heavy atom. The monoisotopic (exact) mass is 386 g/mol. The molecule has 0 saturated carbocycles. The number of halogens is 3. The number of ether oxygens (including phenoxy) is 2. The number of H-pyrrole nitrogens is 1. The molecule has 0 aliphatic carbocycles. The highest BCUT2D eigenvalue weighted by Gasteiger charge is 2.17. The van der Waals surface area contributed by atoms with Crippen molar-refractivity contribution in [1.29, 1.82) is 0 Å². The van der Waals surface area contributed by atoms with E-state index in [0.29, 0.717) is 15.7 Å². The van der Waals surface area contributed by atoms with Crippen LogP contribution in [-0.4, -0.2) is 34.1 Å². The minimum atomic E-state index is -2.94. The molecule has 0 fully saturated rings. The van der Waals surface area contributed by atoms with Crippen molar-refractivity contribution < 1.29 is 22.7 Å². The van der Waals surface area contributed by atoms with Crippen LogP contribution in [0.15, 0.2) is 33.3 Å². The van der Waals surface area contributed by atoms with Crippen LogP contribution in [0.1, 0.15) is 0 Å². The first-order chi connectivity index (χ1) is 11.1. The Labute approximate surface area is 136 Å². The van der Waals surface area contributed by atoms with Gasteiger partial charge in [0.1, 0.15) is 5.69 Å². The van der Waals surface area contributed by atoms with E-state index in [4.69, 9.17) is 9.15 Å². The zero-order valence-electron chi connectivity index (χ0n) is 11.6. The van der Waals surface area contributed by atoms with Gasteiger partial charge >= 0.3 is 6.61 Å². The zero-order chi connectivity index (χ0) is 16.4. The highest BCUT2D eigenvalue weighted by atomic mass is 79.9. The van der Waals surface area contributed by atoms with E-state index in [1.165, 1.54) is 25.3 Å². The van der Waals surface area contributed by atoms with Crippen LogP contribution in [-0.2, 0) is 0 Å². The molecule has 120 valence electrons. The summed E-state index contributed by atoms with van der Waals surface area (Å²) >= 11 is 3.29. The molecule has 0 amide bonds. The third-order valence-electron chi connectivity index (χ3n) is 2.86. The summed E-state index contributed by atoms with van der Waals surface area (Å²) in [7, 11) is 1.35. The Hall–Kier alpha value is -2.49. The van der Waals surface area contributed by atoms with Gasteiger partial charge in [-0.3, -0.25) is 5.10 Å². The standard InChI is InChI=1S/C13H9BrF2N4O3/c1-21-9-4-6(2-3-8(9)22-13(15)16)11-19-20-12(23-11)10-7(14)5-17-18-10/h2-5,13H,1H3,(H,17,18). The molecule has 2 aromatic heterocycles. The van der Waals surface area contributed by atoms with Crippen LogP contribution >= 0.6 is 15.9 Å². The van der Waals surface area contributed by atoms with Crippen molar-refractivity contribution in [2.24, 2.45) is 0 Å². The topological polar surface area (TPSA) is 86.1 Å². The van der Waals surface area contributed by atoms with Crippen LogP contribution < -0.4 is 9.47 Å². The molecule has 23 heavy (non-hydrogen) atoms. The average molecular weight is 387 g/mol. The Morgan fingerprint density at radius 2 is 2.00 bits per heavy atom. The van der Waals surface area contributed by atoms with E-state index in [1.807, 2.05) is 0 Å². The third-order valence-corrected chi connectivity index (χ3v) is 3.46. The summed E-state index contributed by atoms with van der Waals surface area (Å²) in [4.78, 5) is 0. The van der Waals surface area contributed by atoms with Gasteiger partial charge in [-0.15, -0.1) is 10.2 Å². The Morgan fingerprint density at radius 1 is 1.22 bits per heavy atom. The fraction of sp³-hybridized carbons (Fsp3) is 0.154. The molecule has 0 bridgehead atoms. The van der Waals surface area contributed by atoms with Crippen LogP contribution in [0.25, 0.3) is 23.0 Å². The van der Waals surface area contributed by atoms with E-state index in [9.17, 15) is 8.78 Å². The number of rotatable bonds is 5. The number of hydrogen-bond donors (Lipinski definition) is 1. The van der Waals surface area contributed by atoms with E-state index in [1.54, 1.807) is 6.20 Å². The van der Waals surface area contributed by atoms with Crippen LogP contribution in [0, 0.1) is 0 Å². The van der Waals surface area contributed by atoms with E-state index in [2.05, 4.69) is 41.1 Å². The molecule has 0 unspecified atom stereocenters. The number of methoxy groups -OCH3 is 1. The van der Waals surface area contributed by atoms with Crippen molar-refractivity contribution in [3.05, 3.63) is 28.9 Å². The largest absolute Gasteiger partial charge is 0.493 e. The van der Waals surface area contributed by atoms with Crippen LogP contribution in [0.5, 0.6) is 11.5 Å². The van der Waals surface area contributed by atoms with Gasteiger partial charge in [0.05, 0.1) is 17.8 Å². The molecule has 0 aliphatic rings. The van der Waals surface area contributed by atoms with Gasteiger partial charge in [-0.2, -0.15) is 13.9 Å². The van der Waals surface area contributed by atoms with E-state index in [0.717, 1.165) is 0 Å². The fourth-order valence-corrected chi connectivity index (χ4v) is 2.22.